The quantitative estimate of drug-likeness (QED) is 0.449. The molecule has 1 aromatic carbocycles. The Hall–Kier alpha value is -1.31. The van der Waals surface area contributed by atoms with Gasteiger partial charge in [0, 0.05) is 13.3 Å². The summed E-state index contributed by atoms with van der Waals surface area (Å²) in [7, 11) is 0. The van der Waals surface area contributed by atoms with Crippen molar-refractivity contribution < 1.29 is 9.53 Å². The lowest BCUT2D eigenvalue weighted by molar-refractivity contribution is -0.146. The first-order valence-electron chi connectivity index (χ1n) is 13.0. The Balaban J connectivity index is 1.51. The summed E-state index contributed by atoms with van der Waals surface area (Å²) in [6, 6.07) is 4.83. The Labute approximate surface area is 190 Å². The van der Waals surface area contributed by atoms with Crippen LogP contribution in [0, 0.1) is 29.1 Å². The lowest BCUT2D eigenvalue weighted by Crippen LogP contribution is -2.36. The molecule has 172 valence electrons. The summed E-state index contributed by atoms with van der Waals surface area (Å²) in [5, 5.41) is 0. The fourth-order valence-electron chi connectivity index (χ4n) is 7.40. The van der Waals surface area contributed by atoms with E-state index in [9.17, 15) is 4.79 Å². The molecule has 0 radical (unpaired) electrons. The van der Waals surface area contributed by atoms with Gasteiger partial charge in [0.2, 0.25) is 0 Å². The second-order valence-corrected chi connectivity index (χ2v) is 11.8. The standard InChI is InChI=1S/C29H44O2/c1-18(2)19(3)7-8-20(4)27-13-14-28-26-11-9-22-17-23(31-21(5)30)10-12-24(22)25(26)15-16-29(27,28)6/h9,11,18-20,23,27-28H,7-8,10,12-17H2,1-6H3/t19-,20+,23+,27-,28+,29-/m0/s1. The smallest absolute Gasteiger partial charge is 0.302 e. The van der Waals surface area contributed by atoms with E-state index in [4.69, 9.17) is 4.74 Å². The van der Waals surface area contributed by atoms with E-state index in [0.717, 1.165) is 48.9 Å². The highest BCUT2D eigenvalue weighted by molar-refractivity contribution is 5.66. The summed E-state index contributed by atoms with van der Waals surface area (Å²) in [6.07, 6.45) is 11.2. The first-order chi connectivity index (χ1) is 14.7. The molecule has 3 aliphatic rings. The van der Waals surface area contributed by atoms with Gasteiger partial charge < -0.3 is 4.74 Å². The second-order valence-electron chi connectivity index (χ2n) is 11.8. The maximum atomic E-state index is 11.4. The monoisotopic (exact) mass is 424 g/mol. The van der Waals surface area contributed by atoms with Crippen LogP contribution in [0.2, 0.25) is 0 Å². The SMILES string of the molecule is CC(=O)O[C@@H]1CCc2c(ccc3c2CC[C@]2(C)[C@@H]3CC[C@H]2[C@H](C)CC[C@H](C)C(C)C)C1. The van der Waals surface area contributed by atoms with Crippen molar-refractivity contribution in [2.45, 2.75) is 111 Å². The van der Waals surface area contributed by atoms with Gasteiger partial charge in [0.1, 0.15) is 6.10 Å². The Morgan fingerprint density at radius 3 is 2.55 bits per heavy atom. The molecule has 31 heavy (non-hydrogen) atoms. The van der Waals surface area contributed by atoms with E-state index in [2.05, 4.69) is 46.8 Å². The Morgan fingerprint density at radius 1 is 1.06 bits per heavy atom. The van der Waals surface area contributed by atoms with Gasteiger partial charge in [-0.05, 0) is 95.8 Å². The fraction of sp³-hybridized carbons (Fsp3) is 0.759. The minimum atomic E-state index is -0.143. The maximum Gasteiger partial charge on any atom is 0.302 e. The number of ether oxygens (including phenoxy) is 1. The Bertz CT molecular complexity index is 809. The summed E-state index contributed by atoms with van der Waals surface area (Å²) < 4.78 is 5.53. The first-order valence-corrected chi connectivity index (χ1v) is 13.0. The van der Waals surface area contributed by atoms with Crippen LogP contribution in [-0.2, 0) is 28.8 Å². The topological polar surface area (TPSA) is 26.3 Å². The minimum absolute atomic E-state index is 0.0712. The third kappa shape index (κ3) is 4.33. The van der Waals surface area contributed by atoms with Crippen LogP contribution in [0.25, 0.3) is 0 Å². The highest BCUT2D eigenvalue weighted by Gasteiger charge is 2.51. The van der Waals surface area contributed by atoms with Gasteiger partial charge in [-0.1, -0.05) is 59.6 Å². The van der Waals surface area contributed by atoms with E-state index in [1.807, 2.05) is 0 Å². The molecule has 2 heteroatoms. The van der Waals surface area contributed by atoms with Gasteiger partial charge in [-0.3, -0.25) is 4.79 Å². The highest BCUT2D eigenvalue weighted by atomic mass is 16.5. The lowest BCUT2D eigenvalue weighted by atomic mass is 9.59. The van der Waals surface area contributed by atoms with Crippen LogP contribution in [0.15, 0.2) is 12.1 Å². The average Bonchev–Trinajstić information content (AvgIpc) is 3.08. The molecule has 3 aliphatic carbocycles. The number of carbonyl (C=O) groups excluding carboxylic acids is 1. The minimum Gasteiger partial charge on any atom is -0.462 e. The van der Waals surface area contributed by atoms with E-state index in [-0.39, 0.29) is 12.1 Å². The lowest BCUT2D eigenvalue weighted by Gasteiger charge is -2.45. The molecule has 1 aromatic rings. The molecule has 4 rings (SSSR count). The van der Waals surface area contributed by atoms with Gasteiger partial charge >= 0.3 is 5.97 Å². The van der Waals surface area contributed by atoms with Crippen LogP contribution in [0.3, 0.4) is 0 Å². The molecular weight excluding hydrogens is 380 g/mol. The molecular formula is C29H44O2. The van der Waals surface area contributed by atoms with E-state index in [1.54, 1.807) is 16.7 Å². The maximum absolute atomic E-state index is 11.4. The molecule has 0 bridgehead atoms. The molecule has 0 aromatic heterocycles. The summed E-state index contributed by atoms with van der Waals surface area (Å²) >= 11 is 0. The molecule has 2 nitrogen and oxygen atoms in total. The van der Waals surface area contributed by atoms with E-state index >= 15 is 0 Å². The molecule has 0 amide bonds. The fourth-order valence-corrected chi connectivity index (χ4v) is 7.40. The molecule has 1 saturated carbocycles. The molecule has 0 saturated heterocycles. The number of carbonyl (C=O) groups is 1. The molecule has 0 N–H and O–H groups in total. The van der Waals surface area contributed by atoms with Crippen LogP contribution in [0.5, 0.6) is 0 Å². The van der Waals surface area contributed by atoms with Crippen molar-refractivity contribution in [3.63, 3.8) is 0 Å². The van der Waals surface area contributed by atoms with Crippen molar-refractivity contribution in [2.24, 2.45) is 29.1 Å². The third-order valence-corrected chi connectivity index (χ3v) is 9.66. The average molecular weight is 425 g/mol. The van der Waals surface area contributed by atoms with Crippen LogP contribution >= 0.6 is 0 Å². The number of esters is 1. The largest absolute Gasteiger partial charge is 0.462 e. The zero-order valence-electron chi connectivity index (χ0n) is 20.8. The normalized spacial score (nSPS) is 31.5. The summed E-state index contributed by atoms with van der Waals surface area (Å²) in [5.74, 6) is 3.93. The van der Waals surface area contributed by atoms with Crippen molar-refractivity contribution in [1.82, 2.24) is 0 Å². The van der Waals surface area contributed by atoms with Crippen LogP contribution in [0.4, 0.5) is 0 Å². The predicted molar refractivity (Wildman–Crippen MR) is 128 cm³/mol. The number of rotatable bonds is 6. The van der Waals surface area contributed by atoms with Crippen LogP contribution in [-0.4, -0.2) is 12.1 Å². The van der Waals surface area contributed by atoms with Crippen molar-refractivity contribution in [3.05, 3.63) is 34.4 Å². The van der Waals surface area contributed by atoms with Gasteiger partial charge in [-0.15, -0.1) is 0 Å². The van der Waals surface area contributed by atoms with Crippen molar-refractivity contribution in [3.8, 4) is 0 Å². The number of benzene rings is 1. The number of hydrogen-bond donors (Lipinski definition) is 0. The van der Waals surface area contributed by atoms with E-state index in [0.29, 0.717) is 5.41 Å². The molecule has 0 aliphatic heterocycles. The zero-order valence-corrected chi connectivity index (χ0v) is 20.8. The van der Waals surface area contributed by atoms with Gasteiger partial charge in [-0.2, -0.15) is 0 Å². The Kier molecular flexibility index (Phi) is 6.57. The highest BCUT2D eigenvalue weighted by Crippen LogP contribution is 2.61. The summed E-state index contributed by atoms with van der Waals surface area (Å²) in [4.78, 5) is 11.4. The van der Waals surface area contributed by atoms with Crippen LogP contribution in [0.1, 0.15) is 108 Å². The van der Waals surface area contributed by atoms with Crippen molar-refractivity contribution in [2.75, 3.05) is 0 Å². The summed E-state index contributed by atoms with van der Waals surface area (Å²) in [6.45, 7) is 13.9. The zero-order chi connectivity index (χ0) is 22.3. The molecule has 1 fully saturated rings. The molecule has 6 atom stereocenters. The Morgan fingerprint density at radius 2 is 1.84 bits per heavy atom. The van der Waals surface area contributed by atoms with Gasteiger partial charge in [0.25, 0.3) is 0 Å². The third-order valence-electron chi connectivity index (χ3n) is 9.66. The number of hydrogen-bond acceptors (Lipinski definition) is 2. The molecule has 0 spiro atoms. The van der Waals surface area contributed by atoms with Gasteiger partial charge in [-0.25, -0.2) is 0 Å². The van der Waals surface area contributed by atoms with Crippen molar-refractivity contribution >= 4 is 5.97 Å². The molecule has 0 heterocycles. The van der Waals surface area contributed by atoms with E-state index < -0.39 is 0 Å². The summed E-state index contributed by atoms with van der Waals surface area (Å²) in [5.41, 5.74) is 6.85. The first kappa shape index (κ1) is 22.9. The molecule has 0 unspecified atom stereocenters. The second kappa shape index (κ2) is 8.91. The van der Waals surface area contributed by atoms with Gasteiger partial charge in [0.05, 0.1) is 0 Å². The number of fused-ring (bicyclic) bond motifs is 5. The van der Waals surface area contributed by atoms with E-state index in [1.165, 1.54) is 51.0 Å². The van der Waals surface area contributed by atoms with Crippen LogP contribution < -0.4 is 0 Å². The van der Waals surface area contributed by atoms with Gasteiger partial charge in [0.15, 0.2) is 0 Å². The predicted octanol–water partition coefficient (Wildman–Crippen LogP) is 7.26. The van der Waals surface area contributed by atoms with Crippen molar-refractivity contribution in [1.29, 1.82) is 0 Å².